The van der Waals surface area contributed by atoms with Crippen LogP contribution in [0.3, 0.4) is 0 Å². The number of aliphatic imine (C=N–C) groups is 1. The van der Waals surface area contributed by atoms with Crippen LogP contribution in [-0.2, 0) is 6.54 Å². The molecule has 0 spiro atoms. The van der Waals surface area contributed by atoms with Gasteiger partial charge in [0.25, 0.3) is 5.91 Å². The van der Waals surface area contributed by atoms with E-state index in [4.69, 9.17) is 4.74 Å². The lowest BCUT2D eigenvalue weighted by atomic mass is 10.1. The molecule has 0 unspecified atom stereocenters. The minimum absolute atomic E-state index is 0.0892. The molecule has 0 aromatic heterocycles. The zero-order valence-electron chi connectivity index (χ0n) is 16.2. The van der Waals surface area contributed by atoms with E-state index in [9.17, 15) is 4.79 Å². The number of nitrogens with one attached hydrogen (secondary N) is 3. The van der Waals surface area contributed by atoms with Crippen LogP contribution in [0.15, 0.2) is 53.5 Å². The molecule has 0 aliphatic heterocycles. The first kappa shape index (κ1) is 20.3. The molecule has 0 heterocycles. The highest BCUT2D eigenvalue weighted by Crippen LogP contribution is 2.10. The number of carbonyl (C=O) groups excluding carboxylic acids is 1. The van der Waals surface area contributed by atoms with Crippen molar-refractivity contribution in [2.45, 2.75) is 20.4 Å². The topological polar surface area (TPSA) is 74.8 Å². The lowest BCUT2D eigenvalue weighted by molar-refractivity contribution is 0.0963. The van der Waals surface area contributed by atoms with Gasteiger partial charge in [0.05, 0.1) is 13.1 Å². The van der Waals surface area contributed by atoms with E-state index < -0.39 is 0 Å². The predicted molar refractivity (Wildman–Crippen MR) is 109 cm³/mol. The fourth-order valence-corrected chi connectivity index (χ4v) is 2.39. The quantitative estimate of drug-likeness (QED) is 0.380. The van der Waals surface area contributed by atoms with Gasteiger partial charge < -0.3 is 20.7 Å². The Morgan fingerprint density at radius 2 is 1.74 bits per heavy atom. The van der Waals surface area contributed by atoms with Crippen molar-refractivity contribution in [2.75, 3.05) is 26.7 Å². The monoisotopic (exact) mass is 368 g/mol. The summed E-state index contributed by atoms with van der Waals surface area (Å²) in [6.07, 6.45) is 0. The van der Waals surface area contributed by atoms with E-state index in [1.165, 1.54) is 5.56 Å². The smallest absolute Gasteiger partial charge is 0.251 e. The first-order chi connectivity index (χ1) is 13.1. The maximum Gasteiger partial charge on any atom is 0.251 e. The van der Waals surface area contributed by atoms with Gasteiger partial charge in [-0.05, 0) is 43.7 Å². The number of benzene rings is 2. The van der Waals surface area contributed by atoms with Crippen molar-refractivity contribution in [1.29, 1.82) is 0 Å². The van der Waals surface area contributed by atoms with Crippen molar-refractivity contribution in [3.8, 4) is 5.75 Å². The van der Waals surface area contributed by atoms with Gasteiger partial charge in [-0.15, -0.1) is 0 Å². The molecule has 27 heavy (non-hydrogen) atoms. The van der Waals surface area contributed by atoms with E-state index in [0.717, 1.165) is 23.8 Å². The molecule has 2 aromatic carbocycles. The number of amides is 1. The highest BCUT2D eigenvalue weighted by atomic mass is 16.5. The molecular formula is C21H28N4O2. The van der Waals surface area contributed by atoms with Gasteiger partial charge in [0.1, 0.15) is 12.4 Å². The van der Waals surface area contributed by atoms with E-state index in [0.29, 0.717) is 25.3 Å². The normalized spacial score (nSPS) is 11.0. The standard InChI is InChI=1S/C21H28N4O2/c1-4-23-21(24-13-14-27-19-11-5-16(2)6-12-19)25-15-17-7-9-18(10-8-17)20(26)22-3/h5-12H,4,13-15H2,1-3H3,(H,22,26)(H2,23,24,25). The number of ether oxygens (including phenoxy) is 1. The van der Waals surface area contributed by atoms with Crippen LogP contribution in [0.4, 0.5) is 0 Å². The van der Waals surface area contributed by atoms with Gasteiger partial charge >= 0.3 is 0 Å². The number of carbonyl (C=O) groups is 1. The van der Waals surface area contributed by atoms with Crippen LogP contribution in [0.5, 0.6) is 5.75 Å². The highest BCUT2D eigenvalue weighted by Gasteiger charge is 2.03. The summed E-state index contributed by atoms with van der Waals surface area (Å²) in [5, 5.41) is 9.09. The molecule has 2 rings (SSSR count). The molecule has 3 N–H and O–H groups in total. The van der Waals surface area contributed by atoms with Gasteiger partial charge in [-0.3, -0.25) is 4.79 Å². The van der Waals surface area contributed by atoms with Crippen LogP contribution in [0.1, 0.15) is 28.4 Å². The third-order valence-electron chi connectivity index (χ3n) is 3.89. The summed E-state index contributed by atoms with van der Waals surface area (Å²) in [6, 6.07) is 15.4. The molecule has 6 nitrogen and oxygen atoms in total. The zero-order valence-corrected chi connectivity index (χ0v) is 16.2. The lowest BCUT2D eigenvalue weighted by Gasteiger charge is -2.12. The van der Waals surface area contributed by atoms with E-state index in [1.807, 2.05) is 43.3 Å². The van der Waals surface area contributed by atoms with Crippen LogP contribution >= 0.6 is 0 Å². The van der Waals surface area contributed by atoms with Crippen LogP contribution < -0.4 is 20.7 Å². The summed E-state index contributed by atoms with van der Waals surface area (Å²) >= 11 is 0. The second kappa shape index (κ2) is 10.9. The van der Waals surface area contributed by atoms with Crippen molar-refractivity contribution < 1.29 is 9.53 Å². The molecule has 0 saturated carbocycles. The Balaban J connectivity index is 1.82. The first-order valence-electron chi connectivity index (χ1n) is 9.15. The summed E-state index contributed by atoms with van der Waals surface area (Å²) in [6.45, 7) is 6.58. The summed E-state index contributed by atoms with van der Waals surface area (Å²) in [4.78, 5) is 16.1. The van der Waals surface area contributed by atoms with E-state index in [-0.39, 0.29) is 5.91 Å². The molecular weight excluding hydrogens is 340 g/mol. The maximum atomic E-state index is 11.6. The SMILES string of the molecule is CCNC(=NCc1ccc(C(=O)NC)cc1)NCCOc1ccc(C)cc1. The molecule has 1 amide bonds. The second-order valence-corrected chi connectivity index (χ2v) is 6.06. The maximum absolute atomic E-state index is 11.6. The summed E-state index contributed by atoms with van der Waals surface area (Å²) in [7, 11) is 1.62. The third-order valence-corrected chi connectivity index (χ3v) is 3.89. The molecule has 144 valence electrons. The van der Waals surface area contributed by atoms with Crippen molar-refractivity contribution in [2.24, 2.45) is 4.99 Å². The molecule has 0 radical (unpaired) electrons. The Morgan fingerprint density at radius 1 is 1.04 bits per heavy atom. The number of hydrogen-bond donors (Lipinski definition) is 3. The van der Waals surface area contributed by atoms with Gasteiger partial charge in [0.15, 0.2) is 5.96 Å². The van der Waals surface area contributed by atoms with Crippen LogP contribution in [0.2, 0.25) is 0 Å². The number of aryl methyl sites for hydroxylation is 1. The van der Waals surface area contributed by atoms with Crippen molar-refractivity contribution >= 4 is 11.9 Å². The minimum atomic E-state index is -0.0892. The van der Waals surface area contributed by atoms with Crippen LogP contribution in [-0.4, -0.2) is 38.6 Å². The lowest BCUT2D eigenvalue weighted by Crippen LogP contribution is -2.39. The predicted octanol–water partition coefficient (Wildman–Crippen LogP) is 2.49. The average Bonchev–Trinajstić information content (AvgIpc) is 2.70. The largest absolute Gasteiger partial charge is 0.492 e. The Kier molecular flexibility index (Phi) is 8.16. The Bertz CT molecular complexity index is 740. The van der Waals surface area contributed by atoms with Crippen molar-refractivity contribution in [3.63, 3.8) is 0 Å². The fourth-order valence-electron chi connectivity index (χ4n) is 2.39. The Hall–Kier alpha value is -3.02. The summed E-state index contributed by atoms with van der Waals surface area (Å²) in [5.41, 5.74) is 2.89. The van der Waals surface area contributed by atoms with Gasteiger partial charge in [-0.2, -0.15) is 0 Å². The van der Waals surface area contributed by atoms with Gasteiger partial charge in [0, 0.05) is 19.2 Å². The van der Waals surface area contributed by atoms with Crippen molar-refractivity contribution in [3.05, 3.63) is 65.2 Å². The molecule has 0 aliphatic carbocycles. The zero-order chi connectivity index (χ0) is 19.5. The van der Waals surface area contributed by atoms with Crippen molar-refractivity contribution in [1.82, 2.24) is 16.0 Å². The molecule has 0 saturated heterocycles. The fraction of sp³-hybridized carbons (Fsp3) is 0.333. The Morgan fingerprint density at radius 3 is 2.37 bits per heavy atom. The first-order valence-corrected chi connectivity index (χ1v) is 9.15. The number of hydrogen-bond acceptors (Lipinski definition) is 3. The third kappa shape index (κ3) is 7.01. The summed E-state index contributed by atoms with van der Waals surface area (Å²) < 4.78 is 5.72. The minimum Gasteiger partial charge on any atom is -0.492 e. The molecule has 0 aliphatic rings. The Labute approximate surface area is 161 Å². The van der Waals surface area contributed by atoms with Crippen LogP contribution in [0, 0.1) is 6.92 Å². The number of guanidine groups is 1. The summed E-state index contributed by atoms with van der Waals surface area (Å²) in [5.74, 6) is 1.51. The average molecular weight is 368 g/mol. The van der Waals surface area contributed by atoms with Crippen LogP contribution in [0.25, 0.3) is 0 Å². The van der Waals surface area contributed by atoms with Gasteiger partial charge in [-0.1, -0.05) is 29.8 Å². The van der Waals surface area contributed by atoms with E-state index in [2.05, 4.69) is 27.9 Å². The molecule has 0 fully saturated rings. The van der Waals surface area contributed by atoms with E-state index >= 15 is 0 Å². The number of nitrogens with zero attached hydrogens (tertiary/aromatic N) is 1. The van der Waals surface area contributed by atoms with E-state index in [1.54, 1.807) is 19.2 Å². The number of rotatable bonds is 8. The molecule has 0 atom stereocenters. The highest BCUT2D eigenvalue weighted by molar-refractivity contribution is 5.93. The molecule has 6 heteroatoms. The van der Waals surface area contributed by atoms with Gasteiger partial charge in [-0.25, -0.2) is 4.99 Å². The molecule has 2 aromatic rings. The second-order valence-electron chi connectivity index (χ2n) is 6.06. The van der Waals surface area contributed by atoms with Gasteiger partial charge in [0.2, 0.25) is 0 Å². The molecule has 0 bridgehead atoms.